The number of H-pyrrole nitrogens is 2. The Hall–Kier alpha value is -4.14. The maximum absolute atomic E-state index is 13.3. The van der Waals surface area contributed by atoms with E-state index in [1.807, 2.05) is 33.8 Å². The van der Waals surface area contributed by atoms with Gasteiger partial charge in [-0.05, 0) is 79.7 Å². The zero-order chi connectivity index (χ0) is 30.8. The highest BCUT2D eigenvalue weighted by Crippen LogP contribution is 2.40. The lowest BCUT2D eigenvalue weighted by Crippen LogP contribution is -2.11. The molecule has 0 amide bonds. The predicted molar refractivity (Wildman–Crippen MR) is 163 cm³/mol. The number of aromatic nitrogens is 2. The van der Waals surface area contributed by atoms with Gasteiger partial charge in [0, 0.05) is 23.5 Å². The van der Waals surface area contributed by atoms with Gasteiger partial charge in [-0.15, -0.1) is 6.58 Å². The van der Waals surface area contributed by atoms with Crippen LogP contribution in [-0.4, -0.2) is 40.0 Å². The number of hydrogen-bond acceptors (Lipinski definition) is 6. The lowest BCUT2D eigenvalue weighted by atomic mass is 9.85. The third kappa shape index (κ3) is 6.83. The number of rotatable bonds is 16. The normalized spacial score (nSPS) is 11.7. The molecular weight excluding hydrogens is 534 g/mol. The Morgan fingerprint density at radius 2 is 1.33 bits per heavy atom. The molecule has 2 N–H and O–H groups in total. The molecule has 0 saturated heterocycles. The summed E-state index contributed by atoms with van der Waals surface area (Å²) in [6, 6.07) is 6.44. The fourth-order valence-electron chi connectivity index (χ4n) is 5.72. The first-order chi connectivity index (χ1) is 20.3. The van der Waals surface area contributed by atoms with Crippen molar-refractivity contribution in [3.05, 3.63) is 97.6 Å². The van der Waals surface area contributed by atoms with Crippen LogP contribution in [0.25, 0.3) is 0 Å². The standard InChI is InChI=1S/C33H43N3O6/c1-7-13-14-15-20-42-33(38)31-26(11-5)24(9-3)29(35-31)27(21-16-18-22(19-17-21)36(39)40)28-23(8-2)25(10-4)30(34-28)32(37)41-12-6/h7,16-19,27,34-35H,1,8-15,20H2,2-6H3. The second-order valence-electron chi connectivity index (χ2n) is 10.1. The quantitative estimate of drug-likeness (QED) is 0.0601. The molecule has 42 heavy (non-hydrogen) atoms. The second-order valence-corrected chi connectivity index (χ2v) is 10.1. The SMILES string of the molecule is C=CCCCCOC(=O)c1[nH]c(C(c2ccc([N+](=O)[O-])cc2)c2[nH]c(C(=O)OCC)c(CC)c2CC)c(CC)c1CC. The first kappa shape index (κ1) is 32.4. The molecule has 2 aromatic heterocycles. The van der Waals surface area contributed by atoms with Crippen LogP contribution in [0.4, 0.5) is 5.69 Å². The minimum absolute atomic E-state index is 0.0154. The van der Waals surface area contributed by atoms with Crippen LogP contribution in [0.3, 0.4) is 0 Å². The number of nitro groups is 1. The van der Waals surface area contributed by atoms with Gasteiger partial charge in [0.15, 0.2) is 0 Å². The van der Waals surface area contributed by atoms with Crippen molar-refractivity contribution in [2.75, 3.05) is 13.2 Å². The first-order valence-electron chi connectivity index (χ1n) is 14.9. The lowest BCUT2D eigenvalue weighted by Gasteiger charge is -2.20. The summed E-state index contributed by atoms with van der Waals surface area (Å²) in [5.74, 6) is -1.28. The number of nitro benzene ring substituents is 1. The summed E-state index contributed by atoms with van der Waals surface area (Å²) < 4.78 is 11.0. The fourth-order valence-corrected chi connectivity index (χ4v) is 5.72. The van der Waals surface area contributed by atoms with Crippen LogP contribution in [0.5, 0.6) is 0 Å². The van der Waals surface area contributed by atoms with Crippen molar-refractivity contribution in [1.82, 2.24) is 9.97 Å². The minimum Gasteiger partial charge on any atom is -0.461 e. The topological polar surface area (TPSA) is 127 Å². The van der Waals surface area contributed by atoms with E-state index < -0.39 is 22.8 Å². The van der Waals surface area contributed by atoms with Gasteiger partial charge in [0.1, 0.15) is 11.4 Å². The van der Waals surface area contributed by atoms with Crippen molar-refractivity contribution < 1.29 is 24.0 Å². The molecule has 0 spiro atoms. The number of ether oxygens (including phenoxy) is 2. The minimum atomic E-state index is -0.455. The van der Waals surface area contributed by atoms with Crippen molar-refractivity contribution in [1.29, 1.82) is 0 Å². The van der Waals surface area contributed by atoms with Gasteiger partial charge < -0.3 is 19.4 Å². The van der Waals surface area contributed by atoms with Crippen molar-refractivity contribution in [2.24, 2.45) is 0 Å². The van der Waals surface area contributed by atoms with Gasteiger partial charge in [0.2, 0.25) is 0 Å². The predicted octanol–water partition coefficient (Wildman–Crippen LogP) is 7.37. The Bertz CT molecular complexity index is 1400. The van der Waals surface area contributed by atoms with Gasteiger partial charge in [-0.1, -0.05) is 45.9 Å². The number of nitrogens with zero attached hydrogens (tertiary/aromatic N) is 1. The third-order valence-electron chi connectivity index (χ3n) is 7.65. The van der Waals surface area contributed by atoms with Crippen LogP contribution in [-0.2, 0) is 35.2 Å². The molecule has 0 radical (unpaired) electrons. The Balaban J connectivity index is 2.25. The molecule has 1 unspecified atom stereocenters. The van der Waals surface area contributed by atoms with Crippen molar-refractivity contribution in [2.45, 2.75) is 85.5 Å². The van der Waals surface area contributed by atoms with Gasteiger partial charge in [0.05, 0.1) is 24.1 Å². The number of esters is 2. The highest BCUT2D eigenvalue weighted by molar-refractivity contribution is 5.91. The van der Waals surface area contributed by atoms with Crippen molar-refractivity contribution in [3.8, 4) is 0 Å². The van der Waals surface area contributed by atoms with Gasteiger partial charge in [-0.25, -0.2) is 9.59 Å². The zero-order valence-corrected chi connectivity index (χ0v) is 25.4. The summed E-state index contributed by atoms with van der Waals surface area (Å²) in [5, 5.41) is 11.4. The molecule has 1 aromatic carbocycles. The first-order valence-corrected chi connectivity index (χ1v) is 14.9. The number of nitrogens with one attached hydrogen (secondary N) is 2. The number of carbonyl (C=O) groups excluding carboxylic acids is 2. The number of allylic oxidation sites excluding steroid dienone is 1. The summed E-state index contributed by atoms with van der Waals surface area (Å²) >= 11 is 0. The molecule has 1 atom stereocenters. The molecular formula is C33H43N3O6. The van der Waals surface area contributed by atoms with E-state index in [1.54, 1.807) is 19.1 Å². The highest BCUT2D eigenvalue weighted by atomic mass is 16.6. The number of benzene rings is 1. The number of aromatic amines is 2. The Morgan fingerprint density at radius 1 is 0.833 bits per heavy atom. The molecule has 0 saturated carbocycles. The Morgan fingerprint density at radius 3 is 1.76 bits per heavy atom. The number of unbranched alkanes of at least 4 members (excludes halogenated alkanes) is 2. The van der Waals surface area contributed by atoms with E-state index in [9.17, 15) is 19.7 Å². The summed E-state index contributed by atoms with van der Waals surface area (Å²) in [6.07, 6.45) is 6.90. The van der Waals surface area contributed by atoms with Gasteiger partial charge >= 0.3 is 11.9 Å². The lowest BCUT2D eigenvalue weighted by molar-refractivity contribution is -0.384. The molecule has 9 nitrogen and oxygen atoms in total. The van der Waals surface area contributed by atoms with Crippen molar-refractivity contribution >= 4 is 17.6 Å². The Labute approximate surface area is 247 Å². The van der Waals surface area contributed by atoms with Gasteiger partial charge in [0.25, 0.3) is 5.69 Å². The van der Waals surface area contributed by atoms with E-state index in [-0.39, 0.29) is 12.3 Å². The summed E-state index contributed by atoms with van der Waals surface area (Å²) in [4.78, 5) is 44.2. The molecule has 2 heterocycles. The fraction of sp³-hybridized carbons (Fsp3) is 0.455. The van der Waals surface area contributed by atoms with E-state index in [2.05, 4.69) is 16.5 Å². The molecule has 0 aliphatic carbocycles. The molecule has 0 aliphatic rings. The van der Waals surface area contributed by atoms with E-state index >= 15 is 0 Å². The molecule has 3 rings (SSSR count). The molecule has 0 bridgehead atoms. The maximum Gasteiger partial charge on any atom is 0.355 e. The average molecular weight is 578 g/mol. The van der Waals surface area contributed by atoms with Gasteiger partial charge in [-0.2, -0.15) is 0 Å². The zero-order valence-electron chi connectivity index (χ0n) is 25.4. The number of non-ortho nitro benzene ring substituents is 1. The largest absolute Gasteiger partial charge is 0.461 e. The average Bonchev–Trinajstić information content (AvgIpc) is 3.55. The van der Waals surface area contributed by atoms with Crippen LogP contribution < -0.4 is 0 Å². The van der Waals surface area contributed by atoms with Crippen LogP contribution in [0.2, 0.25) is 0 Å². The maximum atomic E-state index is 13.3. The van der Waals surface area contributed by atoms with Gasteiger partial charge in [-0.3, -0.25) is 10.1 Å². The molecule has 3 aromatic rings. The van der Waals surface area contributed by atoms with Crippen LogP contribution >= 0.6 is 0 Å². The number of carbonyl (C=O) groups is 2. The summed E-state index contributed by atoms with van der Waals surface area (Å²) in [7, 11) is 0. The number of hydrogen-bond donors (Lipinski definition) is 2. The highest BCUT2D eigenvalue weighted by Gasteiger charge is 2.32. The van der Waals surface area contributed by atoms with E-state index in [0.29, 0.717) is 43.7 Å². The second kappa shape index (κ2) is 15.2. The smallest absolute Gasteiger partial charge is 0.355 e. The van der Waals surface area contributed by atoms with Crippen LogP contribution in [0, 0.1) is 10.1 Å². The molecule has 0 fully saturated rings. The molecule has 226 valence electrons. The third-order valence-corrected chi connectivity index (χ3v) is 7.65. The monoisotopic (exact) mass is 577 g/mol. The summed E-state index contributed by atoms with van der Waals surface area (Å²) in [6.45, 7) is 14.2. The van der Waals surface area contributed by atoms with Crippen LogP contribution in [0.1, 0.15) is 120 Å². The molecule has 0 aliphatic heterocycles. The van der Waals surface area contributed by atoms with Crippen LogP contribution in [0.15, 0.2) is 36.9 Å². The van der Waals surface area contributed by atoms with Crippen molar-refractivity contribution in [3.63, 3.8) is 0 Å². The molecule has 9 heteroatoms. The van der Waals surface area contributed by atoms with E-state index in [4.69, 9.17) is 9.47 Å². The summed E-state index contributed by atoms with van der Waals surface area (Å²) in [5.41, 5.74) is 6.97. The van der Waals surface area contributed by atoms with E-state index in [1.165, 1.54) is 12.1 Å². The van der Waals surface area contributed by atoms with E-state index in [0.717, 1.165) is 58.5 Å². The Kier molecular flexibility index (Phi) is 11.7.